The lowest BCUT2D eigenvalue weighted by atomic mass is 10.1. The van der Waals surface area contributed by atoms with E-state index in [0.29, 0.717) is 18.9 Å². The molecule has 0 aliphatic rings. The van der Waals surface area contributed by atoms with Crippen LogP contribution in [-0.2, 0) is 4.79 Å². The van der Waals surface area contributed by atoms with Gasteiger partial charge in [0, 0.05) is 13.0 Å². The van der Waals surface area contributed by atoms with E-state index in [-0.39, 0.29) is 11.8 Å². The third kappa shape index (κ3) is 6.89. The molecule has 0 aromatic heterocycles. The van der Waals surface area contributed by atoms with Gasteiger partial charge in [-0.2, -0.15) is 0 Å². The van der Waals surface area contributed by atoms with Crippen LogP contribution in [0.4, 0.5) is 0 Å². The minimum absolute atomic E-state index is 0.0402. The minimum Gasteiger partial charge on any atom is -0.391 e. The van der Waals surface area contributed by atoms with Crippen molar-refractivity contribution in [2.75, 3.05) is 6.54 Å². The quantitative estimate of drug-likeness (QED) is 0.685. The summed E-state index contributed by atoms with van der Waals surface area (Å²) in [6, 6.07) is 0. The van der Waals surface area contributed by atoms with Crippen molar-refractivity contribution < 1.29 is 9.90 Å². The van der Waals surface area contributed by atoms with Crippen molar-refractivity contribution in [1.29, 1.82) is 0 Å². The molecule has 14 heavy (non-hydrogen) atoms. The Morgan fingerprint density at radius 3 is 2.29 bits per heavy atom. The third-order valence-electron chi connectivity index (χ3n) is 2.23. The van der Waals surface area contributed by atoms with Gasteiger partial charge in [-0.1, -0.05) is 27.7 Å². The Kier molecular flexibility index (Phi) is 6.54. The summed E-state index contributed by atoms with van der Waals surface area (Å²) in [4.78, 5) is 11.3. The zero-order valence-corrected chi connectivity index (χ0v) is 9.71. The standard InChI is InChI=1S/C11H23NO2/c1-8(2)5-6-11(14)12-7-10(13)9(3)4/h8-10,13H,5-7H2,1-4H3,(H,12,14)/t10-/m0/s1. The Labute approximate surface area is 86.9 Å². The summed E-state index contributed by atoms with van der Waals surface area (Å²) >= 11 is 0. The Hall–Kier alpha value is -0.570. The van der Waals surface area contributed by atoms with Crippen LogP contribution >= 0.6 is 0 Å². The van der Waals surface area contributed by atoms with Crippen molar-refractivity contribution in [2.45, 2.75) is 46.6 Å². The Morgan fingerprint density at radius 2 is 1.86 bits per heavy atom. The average Bonchev–Trinajstić information content (AvgIpc) is 2.10. The molecule has 0 aliphatic heterocycles. The van der Waals surface area contributed by atoms with Crippen molar-refractivity contribution >= 4 is 5.91 Å². The van der Waals surface area contributed by atoms with Crippen LogP contribution in [0.3, 0.4) is 0 Å². The predicted molar refractivity (Wildman–Crippen MR) is 57.9 cm³/mol. The van der Waals surface area contributed by atoms with E-state index in [0.717, 1.165) is 6.42 Å². The maximum Gasteiger partial charge on any atom is 0.220 e. The van der Waals surface area contributed by atoms with E-state index in [1.807, 2.05) is 13.8 Å². The number of rotatable bonds is 6. The number of aliphatic hydroxyl groups excluding tert-OH is 1. The number of aliphatic hydroxyl groups is 1. The molecule has 1 atom stereocenters. The zero-order chi connectivity index (χ0) is 11.1. The Bertz CT molecular complexity index is 167. The minimum atomic E-state index is -0.432. The van der Waals surface area contributed by atoms with Gasteiger partial charge in [0.15, 0.2) is 0 Å². The third-order valence-corrected chi connectivity index (χ3v) is 2.23. The molecule has 84 valence electrons. The van der Waals surface area contributed by atoms with Gasteiger partial charge in [0.2, 0.25) is 5.91 Å². The number of hydrogen-bond acceptors (Lipinski definition) is 2. The summed E-state index contributed by atoms with van der Waals surface area (Å²) in [5.74, 6) is 0.787. The van der Waals surface area contributed by atoms with Gasteiger partial charge in [-0.05, 0) is 18.3 Å². The van der Waals surface area contributed by atoms with Crippen molar-refractivity contribution in [3.8, 4) is 0 Å². The van der Waals surface area contributed by atoms with Crippen LogP contribution in [0, 0.1) is 11.8 Å². The zero-order valence-electron chi connectivity index (χ0n) is 9.71. The van der Waals surface area contributed by atoms with Crippen molar-refractivity contribution in [2.24, 2.45) is 11.8 Å². The topological polar surface area (TPSA) is 49.3 Å². The summed E-state index contributed by atoms with van der Waals surface area (Å²) in [7, 11) is 0. The first-order chi connectivity index (χ1) is 6.43. The Balaban J connectivity index is 3.54. The van der Waals surface area contributed by atoms with E-state index < -0.39 is 6.10 Å². The fraction of sp³-hybridized carbons (Fsp3) is 0.909. The monoisotopic (exact) mass is 201 g/mol. The van der Waals surface area contributed by atoms with E-state index in [9.17, 15) is 9.90 Å². The molecule has 3 heteroatoms. The molecule has 0 rings (SSSR count). The lowest BCUT2D eigenvalue weighted by molar-refractivity contribution is -0.121. The average molecular weight is 201 g/mol. The van der Waals surface area contributed by atoms with Crippen LogP contribution in [0.25, 0.3) is 0 Å². The lowest BCUT2D eigenvalue weighted by Crippen LogP contribution is -2.34. The number of nitrogens with one attached hydrogen (secondary N) is 1. The van der Waals surface area contributed by atoms with Crippen LogP contribution in [0.1, 0.15) is 40.5 Å². The number of hydrogen-bond donors (Lipinski definition) is 2. The normalized spacial score (nSPS) is 13.4. The summed E-state index contributed by atoms with van der Waals surface area (Å²) in [5.41, 5.74) is 0. The molecular weight excluding hydrogens is 178 g/mol. The van der Waals surface area contributed by atoms with Gasteiger partial charge < -0.3 is 10.4 Å². The van der Waals surface area contributed by atoms with Gasteiger partial charge in [-0.25, -0.2) is 0 Å². The second-order valence-corrected chi connectivity index (χ2v) is 4.55. The largest absolute Gasteiger partial charge is 0.391 e. The van der Waals surface area contributed by atoms with Crippen LogP contribution in [0.5, 0.6) is 0 Å². The Morgan fingerprint density at radius 1 is 1.29 bits per heavy atom. The van der Waals surface area contributed by atoms with Crippen LogP contribution in [0.2, 0.25) is 0 Å². The van der Waals surface area contributed by atoms with Crippen LogP contribution in [0.15, 0.2) is 0 Å². The highest BCUT2D eigenvalue weighted by Gasteiger charge is 2.10. The van der Waals surface area contributed by atoms with Crippen molar-refractivity contribution in [3.05, 3.63) is 0 Å². The van der Waals surface area contributed by atoms with Crippen LogP contribution < -0.4 is 5.32 Å². The molecule has 0 heterocycles. The fourth-order valence-electron chi connectivity index (χ4n) is 0.962. The molecule has 2 N–H and O–H groups in total. The summed E-state index contributed by atoms with van der Waals surface area (Å²) in [5, 5.41) is 12.2. The van der Waals surface area contributed by atoms with E-state index in [4.69, 9.17) is 0 Å². The SMILES string of the molecule is CC(C)CCC(=O)NC[C@H](O)C(C)C. The molecule has 0 saturated heterocycles. The highest BCUT2D eigenvalue weighted by Crippen LogP contribution is 2.03. The number of amides is 1. The second kappa shape index (κ2) is 6.82. The molecule has 0 aliphatic carbocycles. The summed E-state index contributed by atoms with van der Waals surface area (Å²) in [6.45, 7) is 8.43. The molecule has 0 aromatic rings. The van der Waals surface area contributed by atoms with Gasteiger partial charge in [-0.3, -0.25) is 4.79 Å². The lowest BCUT2D eigenvalue weighted by Gasteiger charge is -2.15. The molecule has 0 unspecified atom stereocenters. The van der Waals surface area contributed by atoms with Crippen LogP contribution in [-0.4, -0.2) is 23.7 Å². The summed E-state index contributed by atoms with van der Waals surface area (Å²) in [6.07, 6.45) is 1.03. The second-order valence-electron chi connectivity index (χ2n) is 4.55. The van der Waals surface area contributed by atoms with E-state index >= 15 is 0 Å². The van der Waals surface area contributed by atoms with E-state index in [2.05, 4.69) is 19.2 Å². The number of carbonyl (C=O) groups excluding carboxylic acids is 1. The van der Waals surface area contributed by atoms with Gasteiger partial charge >= 0.3 is 0 Å². The molecule has 0 radical (unpaired) electrons. The molecule has 0 bridgehead atoms. The highest BCUT2D eigenvalue weighted by molar-refractivity contribution is 5.75. The van der Waals surface area contributed by atoms with Gasteiger partial charge in [0.05, 0.1) is 6.10 Å². The molecule has 1 amide bonds. The predicted octanol–water partition coefficient (Wildman–Crippen LogP) is 1.56. The number of carbonyl (C=O) groups is 1. The molecule has 0 aromatic carbocycles. The first-order valence-electron chi connectivity index (χ1n) is 5.38. The first kappa shape index (κ1) is 13.4. The van der Waals surface area contributed by atoms with Crippen molar-refractivity contribution in [3.63, 3.8) is 0 Å². The smallest absolute Gasteiger partial charge is 0.220 e. The fourth-order valence-corrected chi connectivity index (χ4v) is 0.962. The molecule has 0 spiro atoms. The van der Waals surface area contributed by atoms with Crippen molar-refractivity contribution in [1.82, 2.24) is 5.32 Å². The molecule has 3 nitrogen and oxygen atoms in total. The molecule has 0 fully saturated rings. The highest BCUT2D eigenvalue weighted by atomic mass is 16.3. The maximum atomic E-state index is 11.3. The maximum absolute atomic E-state index is 11.3. The molecular formula is C11H23NO2. The van der Waals surface area contributed by atoms with Gasteiger partial charge in [0.1, 0.15) is 0 Å². The van der Waals surface area contributed by atoms with E-state index in [1.165, 1.54) is 0 Å². The molecule has 0 saturated carbocycles. The first-order valence-corrected chi connectivity index (χ1v) is 5.38. The van der Waals surface area contributed by atoms with Gasteiger partial charge in [0.25, 0.3) is 0 Å². The summed E-state index contributed by atoms with van der Waals surface area (Å²) < 4.78 is 0. The van der Waals surface area contributed by atoms with E-state index in [1.54, 1.807) is 0 Å². The van der Waals surface area contributed by atoms with Gasteiger partial charge in [-0.15, -0.1) is 0 Å².